The molecule has 0 aliphatic carbocycles. The second-order valence-corrected chi connectivity index (χ2v) is 2.54. The number of halogens is 3. The Morgan fingerprint density at radius 2 is 1.79 bits per heavy atom. The van der Waals surface area contributed by atoms with Crippen molar-refractivity contribution in [3.63, 3.8) is 0 Å². The summed E-state index contributed by atoms with van der Waals surface area (Å²) in [6, 6.07) is 1.04. The van der Waals surface area contributed by atoms with Gasteiger partial charge in [-0.1, -0.05) is 0 Å². The Labute approximate surface area is 76.4 Å². The van der Waals surface area contributed by atoms with E-state index >= 15 is 0 Å². The lowest BCUT2D eigenvalue weighted by Crippen LogP contribution is -2.08. The van der Waals surface area contributed by atoms with Crippen molar-refractivity contribution in [1.29, 1.82) is 0 Å². The van der Waals surface area contributed by atoms with Gasteiger partial charge >= 0.3 is 6.18 Å². The molecule has 0 atom stereocenters. The molecule has 0 amide bonds. The zero-order valence-electron chi connectivity index (χ0n) is 6.67. The van der Waals surface area contributed by atoms with Crippen LogP contribution >= 0.6 is 0 Å². The second kappa shape index (κ2) is 3.21. The molecule has 1 aromatic carbocycles. The largest absolute Gasteiger partial charge is 0.508 e. The van der Waals surface area contributed by atoms with Crippen LogP contribution < -0.4 is 0 Å². The van der Waals surface area contributed by atoms with Crippen molar-refractivity contribution >= 4 is 6.29 Å². The Morgan fingerprint density at radius 3 is 2.21 bits per heavy atom. The fraction of sp³-hybridized carbons (Fsp3) is 0.125. The molecule has 0 radical (unpaired) electrons. The summed E-state index contributed by atoms with van der Waals surface area (Å²) >= 11 is 0. The average molecular weight is 206 g/mol. The quantitative estimate of drug-likeness (QED) is 0.690. The van der Waals surface area contributed by atoms with Crippen molar-refractivity contribution in [2.45, 2.75) is 6.18 Å². The van der Waals surface area contributed by atoms with Gasteiger partial charge in [-0.25, -0.2) is 0 Å². The van der Waals surface area contributed by atoms with Crippen LogP contribution in [0, 0.1) is 0 Å². The summed E-state index contributed by atoms with van der Waals surface area (Å²) in [6.07, 6.45) is -4.90. The highest BCUT2D eigenvalue weighted by Crippen LogP contribution is 2.37. The molecule has 14 heavy (non-hydrogen) atoms. The number of carbonyl (C=O) groups is 1. The predicted octanol–water partition coefficient (Wildman–Crippen LogP) is 1.93. The highest BCUT2D eigenvalue weighted by molar-refractivity contribution is 5.82. The average Bonchev–Trinajstić information content (AvgIpc) is 2.01. The van der Waals surface area contributed by atoms with Gasteiger partial charge in [0, 0.05) is 6.07 Å². The van der Waals surface area contributed by atoms with Crippen molar-refractivity contribution in [3.05, 3.63) is 23.3 Å². The van der Waals surface area contributed by atoms with E-state index in [2.05, 4.69) is 0 Å². The molecule has 0 saturated carbocycles. The van der Waals surface area contributed by atoms with E-state index < -0.39 is 28.8 Å². The van der Waals surface area contributed by atoms with Crippen LogP contribution in [0.5, 0.6) is 11.5 Å². The maximum Gasteiger partial charge on any atom is 0.417 e. The van der Waals surface area contributed by atoms with Gasteiger partial charge in [0.25, 0.3) is 0 Å². The number of hydrogen-bond donors (Lipinski definition) is 2. The molecule has 1 rings (SSSR count). The first-order valence-electron chi connectivity index (χ1n) is 3.44. The number of phenols is 2. The molecular weight excluding hydrogens is 201 g/mol. The fourth-order valence-electron chi connectivity index (χ4n) is 0.981. The SMILES string of the molecule is O=Cc1c(O)cc(O)cc1C(F)(F)F. The van der Waals surface area contributed by atoms with Gasteiger partial charge in [0.1, 0.15) is 11.5 Å². The minimum absolute atomic E-state index is 0.113. The van der Waals surface area contributed by atoms with Gasteiger partial charge in [0.2, 0.25) is 0 Å². The van der Waals surface area contributed by atoms with Crippen molar-refractivity contribution in [2.75, 3.05) is 0 Å². The first-order chi connectivity index (χ1) is 6.36. The van der Waals surface area contributed by atoms with E-state index in [9.17, 15) is 18.0 Å². The van der Waals surface area contributed by atoms with E-state index in [1.54, 1.807) is 0 Å². The second-order valence-electron chi connectivity index (χ2n) is 2.54. The van der Waals surface area contributed by atoms with Gasteiger partial charge in [0.05, 0.1) is 11.1 Å². The number of benzene rings is 1. The zero-order valence-corrected chi connectivity index (χ0v) is 6.67. The van der Waals surface area contributed by atoms with Gasteiger partial charge in [-0.3, -0.25) is 4.79 Å². The third-order valence-corrected chi connectivity index (χ3v) is 1.57. The van der Waals surface area contributed by atoms with Crippen LogP contribution in [0.3, 0.4) is 0 Å². The Morgan fingerprint density at radius 1 is 1.21 bits per heavy atom. The molecule has 3 nitrogen and oxygen atoms in total. The molecule has 0 spiro atoms. The van der Waals surface area contributed by atoms with E-state index in [0.717, 1.165) is 0 Å². The fourth-order valence-corrected chi connectivity index (χ4v) is 0.981. The zero-order chi connectivity index (χ0) is 10.9. The summed E-state index contributed by atoms with van der Waals surface area (Å²) in [7, 11) is 0. The van der Waals surface area contributed by atoms with E-state index in [4.69, 9.17) is 10.2 Å². The topological polar surface area (TPSA) is 57.5 Å². The number of alkyl halides is 3. The Balaban J connectivity index is 3.48. The van der Waals surface area contributed by atoms with Crippen LogP contribution in [0.1, 0.15) is 15.9 Å². The lowest BCUT2D eigenvalue weighted by molar-refractivity contribution is -0.138. The van der Waals surface area contributed by atoms with Gasteiger partial charge in [-0.2, -0.15) is 13.2 Å². The smallest absolute Gasteiger partial charge is 0.417 e. The summed E-state index contributed by atoms with van der Waals surface area (Å²) in [5.74, 6) is -1.65. The molecule has 76 valence electrons. The summed E-state index contributed by atoms with van der Waals surface area (Å²) in [5.41, 5.74) is -2.24. The standard InChI is InChI=1S/C8H5F3O3/c9-8(10,11)6-1-4(13)2-7(14)5(6)3-12/h1-3,13-14H. The minimum Gasteiger partial charge on any atom is -0.508 e. The van der Waals surface area contributed by atoms with Gasteiger partial charge in [-0.05, 0) is 6.07 Å². The van der Waals surface area contributed by atoms with Crippen LogP contribution in [0.25, 0.3) is 0 Å². The van der Waals surface area contributed by atoms with Crippen LogP contribution in [0.2, 0.25) is 0 Å². The van der Waals surface area contributed by atoms with Crippen molar-refractivity contribution in [2.24, 2.45) is 0 Å². The van der Waals surface area contributed by atoms with Gasteiger partial charge in [-0.15, -0.1) is 0 Å². The van der Waals surface area contributed by atoms with Crippen LogP contribution in [0.15, 0.2) is 12.1 Å². The minimum atomic E-state index is -4.79. The maximum absolute atomic E-state index is 12.2. The first-order valence-corrected chi connectivity index (χ1v) is 3.44. The van der Waals surface area contributed by atoms with Crippen molar-refractivity contribution < 1.29 is 28.2 Å². The third kappa shape index (κ3) is 1.78. The number of aromatic hydroxyl groups is 2. The lowest BCUT2D eigenvalue weighted by Gasteiger charge is -2.10. The molecule has 1 aromatic rings. The Hall–Kier alpha value is -1.72. The molecule has 0 saturated heterocycles. The summed E-state index contributed by atoms with van der Waals surface area (Å²) in [6.45, 7) is 0. The molecule has 0 bridgehead atoms. The van der Waals surface area contributed by atoms with E-state index in [0.29, 0.717) is 12.1 Å². The molecule has 0 aliphatic rings. The van der Waals surface area contributed by atoms with Crippen molar-refractivity contribution in [3.8, 4) is 11.5 Å². The summed E-state index contributed by atoms with van der Waals surface area (Å²) in [5, 5.41) is 17.7. The molecule has 0 aliphatic heterocycles. The monoisotopic (exact) mass is 206 g/mol. The molecule has 0 aromatic heterocycles. The molecular formula is C8H5F3O3. The van der Waals surface area contributed by atoms with Crippen molar-refractivity contribution in [1.82, 2.24) is 0 Å². The van der Waals surface area contributed by atoms with Crippen LogP contribution in [-0.4, -0.2) is 16.5 Å². The number of rotatable bonds is 1. The predicted molar refractivity (Wildman–Crippen MR) is 40.2 cm³/mol. The highest BCUT2D eigenvalue weighted by atomic mass is 19.4. The van der Waals surface area contributed by atoms with E-state index in [1.807, 2.05) is 0 Å². The molecule has 0 heterocycles. The highest BCUT2D eigenvalue weighted by Gasteiger charge is 2.35. The molecule has 2 N–H and O–H groups in total. The van der Waals surface area contributed by atoms with E-state index in [-0.39, 0.29) is 6.29 Å². The summed E-state index contributed by atoms with van der Waals surface area (Å²) < 4.78 is 36.6. The third-order valence-electron chi connectivity index (χ3n) is 1.57. The van der Waals surface area contributed by atoms with Gasteiger partial charge in [0.15, 0.2) is 6.29 Å². The number of aldehydes is 1. The van der Waals surface area contributed by atoms with Crippen LogP contribution in [-0.2, 0) is 6.18 Å². The van der Waals surface area contributed by atoms with E-state index in [1.165, 1.54) is 0 Å². The lowest BCUT2D eigenvalue weighted by atomic mass is 10.1. The van der Waals surface area contributed by atoms with Crippen LogP contribution in [0.4, 0.5) is 13.2 Å². The van der Waals surface area contributed by atoms with Gasteiger partial charge < -0.3 is 10.2 Å². The molecule has 6 heteroatoms. The summed E-state index contributed by atoms with van der Waals surface area (Å²) in [4.78, 5) is 10.3. The first kappa shape index (κ1) is 10.4. The number of carbonyl (C=O) groups excluding carboxylic acids is 1. The molecule has 0 fully saturated rings. The maximum atomic E-state index is 12.2. The Kier molecular flexibility index (Phi) is 2.37. The molecule has 0 unspecified atom stereocenters. The number of phenolic OH excluding ortho intramolecular Hbond substituents is 2. The number of hydrogen-bond acceptors (Lipinski definition) is 3. The Bertz CT molecular complexity index is 371. The normalized spacial score (nSPS) is 11.4.